The monoisotopic (exact) mass is 513 g/mol. The van der Waals surface area contributed by atoms with Crippen LogP contribution in [0.3, 0.4) is 0 Å². The number of benzene rings is 1. The summed E-state index contributed by atoms with van der Waals surface area (Å²) in [6.45, 7) is 18.2. The quantitative estimate of drug-likeness (QED) is 0.327. The number of hydrogen-bond acceptors (Lipinski definition) is 4. The zero-order valence-corrected chi connectivity index (χ0v) is 24.0. The molecule has 3 rings (SSSR count). The minimum Gasteiger partial charge on any atom is -0.354 e. The second-order valence-corrected chi connectivity index (χ2v) is 10.6. The molecule has 1 fully saturated rings. The molecule has 0 N–H and O–H groups in total. The molecular weight excluding hydrogens is 465 g/mol. The molecule has 0 saturated carbocycles. The molecule has 1 aromatic heterocycles. The molecular formula is C30H48FN5O. The van der Waals surface area contributed by atoms with E-state index in [0.717, 1.165) is 94.0 Å². The molecule has 206 valence electrons. The van der Waals surface area contributed by atoms with Gasteiger partial charge in [-0.3, -0.25) is 9.69 Å². The molecule has 0 unspecified atom stereocenters. The summed E-state index contributed by atoms with van der Waals surface area (Å²) in [5.74, 6) is 1.14. The number of halogens is 1. The maximum atomic E-state index is 13.8. The molecule has 2 aromatic rings. The molecule has 1 aliphatic rings. The SMILES string of the molecule is CCCC[C@H](CC)C(=O)N(CCC)Cc1c(CC)nn(-c2ccc(F)cc2)c1N1CCN(C(C)C)CC1. The molecule has 1 amide bonds. The molecule has 1 saturated heterocycles. The highest BCUT2D eigenvalue weighted by molar-refractivity contribution is 5.79. The number of piperazine rings is 1. The number of aromatic nitrogens is 2. The third-order valence-corrected chi connectivity index (χ3v) is 7.69. The Morgan fingerprint density at radius 2 is 1.70 bits per heavy atom. The Morgan fingerprint density at radius 3 is 2.24 bits per heavy atom. The van der Waals surface area contributed by atoms with Crippen molar-refractivity contribution in [3.63, 3.8) is 0 Å². The van der Waals surface area contributed by atoms with Crippen molar-refractivity contribution in [1.82, 2.24) is 19.6 Å². The highest BCUT2D eigenvalue weighted by Gasteiger charge is 2.30. The van der Waals surface area contributed by atoms with Gasteiger partial charge in [0.2, 0.25) is 5.91 Å². The lowest BCUT2D eigenvalue weighted by Gasteiger charge is -2.39. The summed E-state index contributed by atoms with van der Waals surface area (Å²) in [4.78, 5) is 20.7. The van der Waals surface area contributed by atoms with E-state index < -0.39 is 0 Å². The molecule has 1 aromatic carbocycles. The number of carbonyl (C=O) groups excluding carboxylic acids is 1. The molecule has 0 bridgehead atoms. The van der Waals surface area contributed by atoms with Gasteiger partial charge in [0.1, 0.15) is 11.6 Å². The van der Waals surface area contributed by atoms with Crippen LogP contribution in [-0.4, -0.2) is 64.3 Å². The first-order valence-corrected chi connectivity index (χ1v) is 14.5. The van der Waals surface area contributed by atoms with Crippen LogP contribution < -0.4 is 4.90 Å². The fourth-order valence-corrected chi connectivity index (χ4v) is 5.41. The van der Waals surface area contributed by atoms with Crippen LogP contribution in [0.25, 0.3) is 5.69 Å². The van der Waals surface area contributed by atoms with Crippen molar-refractivity contribution in [3.05, 3.63) is 41.3 Å². The summed E-state index contributed by atoms with van der Waals surface area (Å²) in [6, 6.07) is 7.10. The zero-order valence-electron chi connectivity index (χ0n) is 24.0. The molecule has 2 heterocycles. The first kappa shape index (κ1) is 29.2. The van der Waals surface area contributed by atoms with Crippen LogP contribution in [0, 0.1) is 11.7 Å². The van der Waals surface area contributed by atoms with Crippen molar-refractivity contribution in [3.8, 4) is 5.69 Å². The van der Waals surface area contributed by atoms with Crippen molar-refractivity contribution in [2.24, 2.45) is 5.92 Å². The molecule has 0 spiro atoms. The molecule has 0 aliphatic carbocycles. The maximum absolute atomic E-state index is 13.8. The van der Waals surface area contributed by atoms with Gasteiger partial charge in [-0.25, -0.2) is 9.07 Å². The van der Waals surface area contributed by atoms with E-state index in [1.54, 1.807) is 12.1 Å². The van der Waals surface area contributed by atoms with Crippen LogP contribution in [0.4, 0.5) is 10.2 Å². The summed E-state index contributed by atoms with van der Waals surface area (Å²) in [7, 11) is 0. The lowest BCUT2D eigenvalue weighted by atomic mass is 9.97. The third kappa shape index (κ3) is 7.13. The maximum Gasteiger partial charge on any atom is 0.225 e. The smallest absolute Gasteiger partial charge is 0.225 e. The second kappa shape index (κ2) is 13.9. The highest BCUT2D eigenvalue weighted by atomic mass is 19.1. The van der Waals surface area contributed by atoms with Gasteiger partial charge in [-0.2, -0.15) is 5.10 Å². The van der Waals surface area contributed by atoms with Gasteiger partial charge in [-0.05, 0) is 63.8 Å². The van der Waals surface area contributed by atoms with Crippen molar-refractivity contribution in [2.75, 3.05) is 37.6 Å². The van der Waals surface area contributed by atoms with E-state index in [1.165, 1.54) is 12.1 Å². The lowest BCUT2D eigenvalue weighted by Crippen LogP contribution is -2.49. The molecule has 0 radical (unpaired) electrons. The Morgan fingerprint density at radius 1 is 1.03 bits per heavy atom. The van der Waals surface area contributed by atoms with Gasteiger partial charge in [-0.1, -0.05) is 40.5 Å². The minimum atomic E-state index is -0.253. The van der Waals surface area contributed by atoms with E-state index in [0.29, 0.717) is 12.6 Å². The predicted molar refractivity (Wildman–Crippen MR) is 151 cm³/mol. The average Bonchev–Trinajstić information content (AvgIpc) is 3.27. The average molecular weight is 514 g/mol. The fraction of sp³-hybridized carbons (Fsp3) is 0.667. The highest BCUT2D eigenvalue weighted by Crippen LogP contribution is 2.31. The van der Waals surface area contributed by atoms with E-state index in [4.69, 9.17) is 5.10 Å². The summed E-state index contributed by atoms with van der Waals surface area (Å²) in [5, 5.41) is 5.05. The van der Waals surface area contributed by atoms with Crippen molar-refractivity contribution >= 4 is 11.7 Å². The molecule has 1 aliphatic heterocycles. The van der Waals surface area contributed by atoms with Crippen molar-refractivity contribution < 1.29 is 9.18 Å². The Labute approximate surface area is 223 Å². The van der Waals surface area contributed by atoms with Gasteiger partial charge < -0.3 is 9.80 Å². The van der Waals surface area contributed by atoms with Crippen LogP contribution in [0.1, 0.15) is 84.9 Å². The lowest BCUT2D eigenvalue weighted by molar-refractivity contribution is -0.136. The van der Waals surface area contributed by atoms with Gasteiger partial charge in [0.25, 0.3) is 0 Å². The van der Waals surface area contributed by atoms with Gasteiger partial charge in [-0.15, -0.1) is 0 Å². The number of unbranched alkanes of at least 4 members (excludes halogenated alkanes) is 1. The van der Waals surface area contributed by atoms with Gasteiger partial charge in [0.05, 0.1) is 17.9 Å². The van der Waals surface area contributed by atoms with E-state index in [2.05, 4.69) is 56.2 Å². The Hall–Kier alpha value is -2.41. The number of rotatable bonds is 13. The number of amides is 1. The molecule has 6 nitrogen and oxygen atoms in total. The second-order valence-electron chi connectivity index (χ2n) is 10.6. The summed E-state index contributed by atoms with van der Waals surface area (Å²) in [6.07, 6.45) is 5.71. The number of hydrogen-bond donors (Lipinski definition) is 0. The first-order valence-electron chi connectivity index (χ1n) is 14.5. The molecule has 1 atom stereocenters. The summed E-state index contributed by atoms with van der Waals surface area (Å²) in [5.41, 5.74) is 3.00. The largest absolute Gasteiger partial charge is 0.354 e. The summed E-state index contributed by atoms with van der Waals surface area (Å²) < 4.78 is 15.8. The van der Waals surface area contributed by atoms with Crippen molar-refractivity contribution in [1.29, 1.82) is 0 Å². The van der Waals surface area contributed by atoms with Gasteiger partial charge in [0, 0.05) is 50.2 Å². The van der Waals surface area contributed by atoms with Crippen molar-refractivity contribution in [2.45, 2.75) is 92.7 Å². The fourth-order valence-electron chi connectivity index (χ4n) is 5.41. The van der Waals surface area contributed by atoms with Crippen LogP contribution in [0.2, 0.25) is 0 Å². The van der Waals surface area contributed by atoms with Crippen LogP contribution in [0.5, 0.6) is 0 Å². The molecule has 7 heteroatoms. The summed E-state index contributed by atoms with van der Waals surface area (Å²) >= 11 is 0. The Kier molecular flexibility index (Phi) is 11.0. The van der Waals surface area contributed by atoms with Gasteiger partial charge in [0.15, 0.2) is 0 Å². The number of aryl methyl sites for hydroxylation is 1. The first-order chi connectivity index (χ1) is 17.8. The minimum absolute atomic E-state index is 0.0711. The Bertz CT molecular complexity index is 979. The zero-order chi connectivity index (χ0) is 26.9. The predicted octanol–water partition coefficient (Wildman–Crippen LogP) is 6.06. The van der Waals surface area contributed by atoms with E-state index in [-0.39, 0.29) is 17.6 Å². The standard InChI is InChI=1S/C30H48FN5O/c1-7-11-12-24(9-3)30(37)35(17-8-2)22-27-28(10-4)32-36(26-15-13-25(31)14-16-26)29(27)34-20-18-33(19-21-34)23(5)6/h13-16,23-24H,7-12,17-22H2,1-6H3/t24-/m0/s1. The van der Waals surface area contributed by atoms with E-state index in [1.807, 2.05) is 4.68 Å². The van der Waals surface area contributed by atoms with Crippen LogP contribution in [-0.2, 0) is 17.8 Å². The normalized spacial score (nSPS) is 15.4. The third-order valence-electron chi connectivity index (χ3n) is 7.69. The van der Waals surface area contributed by atoms with E-state index >= 15 is 0 Å². The number of anilines is 1. The van der Waals surface area contributed by atoms with Crippen LogP contribution in [0.15, 0.2) is 24.3 Å². The molecule has 37 heavy (non-hydrogen) atoms. The Balaban J connectivity index is 2.03. The number of carbonyl (C=O) groups is 1. The topological polar surface area (TPSA) is 44.6 Å². The number of nitrogens with zero attached hydrogens (tertiary/aromatic N) is 5. The van der Waals surface area contributed by atoms with Gasteiger partial charge >= 0.3 is 0 Å². The van der Waals surface area contributed by atoms with E-state index in [9.17, 15) is 9.18 Å². The van der Waals surface area contributed by atoms with Crippen LogP contribution >= 0.6 is 0 Å².